The van der Waals surface area contributed by atoms with E-state index in [-0.39, 0.29) is 5.91 Å². The predicted octanol–water partition coefficient (Wildman–Crippen LogP) is 2.81. The number of carbonyl (C=O) groups is 1. The maximum atomic E-state index is 12.0. The number of nitrogens with zero attached hydrogens (tertiary/aromatic N) is 1. The third-order valence-corrected chi connectivity index (χ3v) is 3.91. The number of rotatable bonds is 5. The zero-order valence-corrected chi connectivity index (χ0v) is 12.0. The summed E-state index contributed by atoms with van der Waals surface area (Å²) in [5.41, 5.74) is 1.32. The van der Waals surface area contributed by atoms with Crippen LogP contribution in [-0.4, -0.2) is 24.5 Å². The summed E-state index contributed by atoms with van der Waals surface area (Å²) < 4.78 is 0.769. The van der Waals surface area contributed by atoms with Gasteiger partial charge in [-0.3, -0.25) is 9.78 Å². The van der Waals surface area contributed by atoms with E-state index in [1.54, 1.807) is 25.5 Å². The molecule has 0 aliphatic carbocycles. The van der Waals surface area contributed by atoms with E-state index in [1.807, 2.05) is 12.1 Å². The normalized spacial score (nSPS) is 10.2. The van der Waals surface area contributed by atoms with E-state index in [4.69, 9.17) is 11.6 Å². The van der Waals surface area contributed by atoms with Crippen molar-refractivity contribution in [3.63, 3.8) is 0 Å². The Balaban J connectivity index is 1.90. The second kappa shape index (κ2) is 6.54. The first kappa shape index (κ1) is 13.8. The van der Waals surface area contributed by atoms with Gasteiger partial charge in [0.2, 0.25) is 0 Å². The molecule has 0 saturated heterocycles. The summed E-state index contributed by atoms with van der Waals surface area (Å²) in [6.07, 6.45) is 3.98. The average molecular weight is 296 g/mol. The summed E-state index contributed by atoms with van der Waals surface area (Å²) in [5, 5.41) is 5.85. The number of hydrogen-bond donors (Lipinski definition) is 2. The van der Waals surface area contributed by atoms with Crippen LogP contribution in [0.4, 0.5) is 5.69 Å². The highest BCUT2D eigenvalue weighted by atomic mass is 35.5. The minimum atomic E-state index is -0.125. The molecule has 2 heterocycles. The lowest BCUT2D eigenvalue weighted by atomic mass is 10.2. The SMILES string of the molecule is CNc1ccncc1C(=O)NCCc1ccc(Cl)s1. The molecule has 0 fully saturated rings. The molecule has 0 saturated carbocycles. The number of carbonyl (C=O) groups excluding carboxylic acids is 1. The Labute approximate surface area is 120 Å². The van der Waals surface area contributed by atoms with Crippen molar-refractivity contribution in [2.45, 2.75) is 6.42 Å². The van der Waals surface area contributed by atoms with Crippen molar-refractivity contribution >= 4 is 34.5 Å². The maximum Gasteiger partial charge on any atom is 0.254 e. The Bertz CT molecular complexity index is 571. The predicted molar refractivity (Wildman–Crippen MR) is 79.1 cm³/mol. The largest absolute Gasteiger partial charge is 0.387 e. The van der Waals surface area contributed by atoms with E-state index >= 15 is 0 Å². The molecule has 0 unspecified atom stereocenters. The van der Waals surface area contributed by atoms with Gasteiger partial charge in [-0.25, -0.2) is 0 Å². The van der Waals surface area contributed by atoms with Crippen molar-refractivity contribution in [2.75, 3.05) is 18.9 Å². The quantitative estimate of drug-likeness (QED) is 0.892. The Morgan fingerprint density at radius 3 is 2.95 bits per heavy atom. The summed E-state index contributed by atoms with van der Waals surface area (Å²) in [4.78, 5) is 17.1. The van der Waals surface area contributed by atoms with E-state index in [0.717, 1.165) is 21.3 Å². The highest BCUT2D eigenvalue weighted by Crippen LogP contribution is 2.21. The van der Waals surface area contributed by atoms with Gasteiger partial charge in [0.15, 0.2) is 0 Å². The first-order valence-corrected chi connectivity index (χ1v) is 7.04. The number of pyridine rings is 1. The minimum Gasteiger partial charge on any atom is -0.387 e. The van der Waals surface area contributed by atoms with Crippen molar-refractivity contribution < 1.29 is 4.79 Å². The highest BCUT2D eigenvalue weighted by Gasteiger charge is 2.10. The number of halogens is 1. The molecule has 0 bridgehead atoms. The Morgan fingerprint density at radius 1 is 1.42 bits per heavy atom. The van der Waals surface area contributed by atoms with Crippen LogP contribution in [0.3, 0.4) is 0 Å². The van der Waals surface area contributed by atoms with Gasteiger partial charge >= 0.3 is 0 Å². The van der Waals surface area contributed by atoms with Crippen molar-refractivity contribution in [2.24, 2.45) is 0 Å². The summed E-state index contributed by atoms with van der Waals surface area (Å²) in [6, 6.07) is 5.61. The molecular formula is C13H14ClN3OS. The van der Waals surface area contributed by atoms with E-state index < -0.39 is 0 Å². The van der Waals surface area contributed by atoms with Gasteiger partial charge in [0.1, 0.15) is 0 Å². The molecule has 100 valence electrons. The number of hydrogen-bond acceptors (Lipinski definition) is 4. The van der Waals surface area contributed by atoms with Crippen LogP contribution in [0.15, 0.2) is 30.6 Å². The first-order valence-electron chi connectivity index (χ1n) is 5.85. The van der Waals surface area contributed by atoms with Crippen molar-refractivity contribution in [3.05, 3.63) is 45.4 Å². The molecule has 0 aliphatic heterocycles. The Hall–Kier alpha value is -1.59. The van der Waals surface area contributed by atoms with Crippen molar-refractivity contribution in [1.82, 2.24) is 10.3 Å². The second-order valence-electron chi connectivity index (χ2n) is 3.88. The second-order valence-corrected chi connectivity index (χ2v) is 5.68. The van der Waals surface area contributed by atoms with Gasteiger partial charge in [0, 0.05) is 36.6 Å². The lowest BCUT2D eigenvalue weighted by molar-refractivity contribution is 0.0954. The van der Waals surface area contributed by atoms with Crippen LogP contribution in [0.5, 0.6) is 0 Å². The van der Waals surface area contributed by atoms with Crippen LogP contribution in [0, 0.1) is 0 Å². The molecule has 1 amide bonds. The summed E-state index contributed by atoms with van der Waals surface area (Å²) in [7, 11) is 1.78. The molecule has 0 aliphatic rings. The number of nitrogens with one attached hydrogen (secondary N) is 2. The zero-order chi connectivity index (χ0) is 13.7. The van der Waals surface area contributed by atoms with Crippen LogP contribution >= 0.6 is 22.9 Å². The molecule has 4 nitrogen and oxygen atoms in total. The van der Waals surface area contributed by atoms with Gasteiger partial charge in [-0.1, -0.05) is 11.6 Å². The molecule has 2 rings (SSSR count). The maximum absolute atomic E-state index is 12.0. The lowest BCUT2D eigenvalue weighted by Crippen LogP contribution is -2.26. The fourth-order valence-electron chi connectivity index (χ4n) is 1.67. The number of aromatic nitrogens is 1. The third-order valence-electron chi connectivity index (χ3n) is 2.62. The number of thiophene rings is 1. The lowest BCUT2D eigenvalue weighted by Gasteiger charge is -2.08. The van der Waals surface area contributed by atoms with Crippen LogP contribution < -0.4 is 10.6 Å². The van der Waals surface area contributed by atoms with Crippen LogP contribution in [-0.2, 0) is 6.42 Å². The van der Waals surface area contributed by atoms with Gasteiger partial charge in [0.05, 0.1) is 9.90 Å². The van der Waals surface area contributed by atoms with E-state index in [9.17, 15) is 4.79 Å². The van der Waals surface area contributed by atoms with Crippen molar-refractivity contribution in [1.29, 1.82) is 0 Å². The molecule has 6 heteroatoms. The van der Waals surface area contributed by atoms with Crippen LogP contribution in [0.1, 0.15) is 15.2 Å². The molecule has 19 heavy (non-hydrogen) atoms. The zero-order valence-electron chi connectivity index (χ0n) is 10.4. The molecule has 0 aromatic carbocycles. The fourth-order valence-corrected chi connectivity index (χ4v) is 2.76. The standard InChI is InChI=1S/C13H14ClN3OS/c1-15-11-5-6-16-8-10(11)13(18)17-7-4-9-2-3-12(14)19-9/h2-3,5-6,8H,4,7H2,1H3,(H,15,16)(H,17,18). The molecule has 0 atom stereocenters. The van der Waals surface area contributed by atoms with E-state index in [0.29, 0.717) is 12.1 Å². The first-order chi connectivity index (χ1) is 9.20. The third kappa shape index (κ3) is 3.68. The smallest absolute Gasteiger partial charge is 0.254 e. The number of anilines is 1. The van der Waals surface area contributed by atoms with Gasteiger partial charge < -0.3 is 10.6 Å². The summed E-state index contributed by atoms with van der Waals surface area (Å²) in [6.45, 7) is 0.577. The molecule has 2 N–H and O–H groups in total. The summed E-state index contributed by atoms with van der Waals surface area (Å²) in [5.74, 6) is -0.125. The average Bonchev–Trinajstić information content (AvgIpc) is 2.84. The van der Waals surface area contributed by atoms with Gasteiger partial charge in [-0.05, 0) is 24.6 Å². The topological polar surface area (TPSA) is 54.0 Å². The van der Waals surface area contributed by atoms with Crippen LogP contribution in [0.2, 0.25) is 4.34 Å². The summed E-state index contributed by atoms with van der Waals surface area (Å²) >= 11 is 7.38. The Morgan fingerprint density at radius 2 is 2.26 bits per heavy atom. The van der Waals surface area contributed by atoms with Crippen molar-refractivity contribution in [3.8, 4) is 0 Å². The molecule has 2 aromatic heterocycles. The van der Waals surface area contributed by atoms with E-state index in [1.165, 1.54) is 11.3 Å². The highest BCUT2D eigenvalue weighted by molar-refractivity contribution is 7.16. The molecule has 0 radical (unpaired) electrons. The van der Waals surface area contributed by atoms with Gasteiger partial charge in [-0.15, -0.1) is 11.3 Å². The molecular weight excluding hydrogens is 282 g/mol. The van der Waals surface area contributed by atoms with E-state index in [2.05, 4.69) is 15.6 Å². The fraction of sp³-hybridized carbons (Fsp3) is 0.231. The number of amides is 1. The Kier molecular flexibility index (Phi) is 4.76. The minimum absolute atomic E-state index is 0.125. The monoisotopic (exact) mass is 295 g/mol. The van der Waals surface area contributed by atoms with Crippen LogP contribution in [0.25, 0.3) is 0 Å². The van der Waals surface area contributed by atoms with Gasteiger partial charge in [0.25, 0.3) is 5.91 Å². The van der Waals surface area contributed by atoms with Gasteiger partial charge in [-0.2, -0.15) is 0 Å². The molecule has 2 aromatic rings. The molecule has 0 spiro atoms.